The van der Waals surface area contributed by atoms with Crippen LogP contribution >= 0.6 is 0 Å². The van der Waals surface area contributed by atoms with Crippen LogP contribution in [-0.4, -0.2) is 81.7 Å². The van der Waals surface area contributed by atoms with E-state index in [9.17, 15) is 19.5 Å². The molecule has 3 unspecified atom stereocenters. The second-order valence-electron chi connectivity index (χ2n) is 12.9. The van der Waals surface area contributed by atoms with Gasteiger partial charge in [0.05, 0.1) is 30.1 Å². The second-order valence-corrected chi connectivity index (χ2v) is 12.9. The Morgan fingerprint density at radius 2 is 1.76 bits per heavy atom. The van der Waals surface area contributed by atoms with E-state index >= 15 is 0 Å². The number of rotatable bonds is 12. The number of anilines is 1. The van der Waals surface area contributed by atoms with Crippen molar-refractivity contribution in [3.05, 3.63) is 55.6 Å². The lowest BCUT2D eigenvalue weighted by atomic mass is 9.62. The average Bonchev–Trinajstić information content (AvgIpc) is 3.45. The maximum atomic E-state index is 14.7. The maximum Gasteiger partial charge on any atom is 0.248 e. The second kappa shape index (κ2) is 11.7. The number of carbonyl (C=O) groups excluding carboxylic acids is 3. The zero-order chi connectivity index (χ0) is 30.3. The van der Waals surface area contributed by atoms with Crippen LogP contribution < -0.4 is 4.90 Å². The molecule has 3 saturated heterocycles. The number of likely N-dealkylation sites (tertiary alicyclic amines) is 1. The van der Waals surface area contributed by atoms with Crippen molar-refractivity contribution < 1.29 is 24.2 Å². The van der Waals surface area contributed by atoms with Crippen LogP contribution in [0.15, 0.2) is 55.6 Å². The van der Waals surface area contributed by atoms with Crippen molar-refractivity contribution >= 4 is 23.4 Å². The molecule has 0 aromatic heterocycles. The molecule has 4 rings (SSSR count). The number of fused-ring (bicyclic) bond motifs is 1. The lowest BCUT2D eigenvalue weighted by Crippen LogP contribution is -2.60. The summed E-state index contributed by atoms with van der Waals surface area (Å²) in [7, 11) is 0. The number of carbonyl (C=O) groups is 3. The Morgan fingerprint density at radius 1 is 1.12 bits per heavy atom. The molecule has 224 valence electrons. The van der Waals surface area contributed by atoms with E-state index in [-0.39, 0.29) is 48.8 Å². The van der Waals surface area contributed by atoms with Crippen molar-refractivity contribution in [3.8, 4) is 0 Å². The first-order chi connectivity index (χ1) is 19.4. The van der Waals surface area contributed by atoms with Gasteiger partial charge in [-0.2, -0.15) is 0 Å². The third-order valence-electron chi connectivity index (χ3n) is 9.48. The van der Waals surface area contributed by atoms with E-state index in [0.29, 0.717) is 25.1 Å². The number of nitrogens with zero attached hydrogens (tertiary/aromatic N) is 3. The highest BCUT2D eigenvalue weighted by Gasteiger charge is 2.80. The molecule has 3 fully saturated rings. The molecule has 0 saturated carbocycles. The Labute approximate surface area is 245 Å². The summed E-state index contributed by atoms with van der Waals surface area (Å²) >= 11 is 0. The van der Waals surface area contributed by atoms with Crippen molar-refractivity contribution in [1.82, 2.24) is 9.80 Å². The summed E-state index contributed by atoms with van der Waals surface area (Å²) in [6.45, 7) is 19.9. The molecule has 1 spiro atoms. The first-order valence-corrected chi connectivity index (χ1v) is 14.9. The van der Waals surface area contributed by atoms with Gasteiger partial charge in [-0.3, -0.25) is 14.4 Å². The van der Waals surface area contributed by atoms with E-state index in [1.54, 1.807) is 26.9 Å². The minimum absolute atomic E-state index is 0.0818. The van der Waals surface area contributed by atoms with Gasteiger partial charge in [0.25, 0.3) is 0 Å². The summed E-state index contributed by atoms with van der Waals surface area (Å²) in [5, 5.41) is 10.6. The quantitative estimate of drug-likeness (QED) is 0.387. The Hall–Kier alpha value is -2.97. The summed E-state index contributed by atoms with van der Waals surface area (Å²) in [5.74, 6) is -2.28. The van der Waals surface area contributed by atoms with Gasteiger partial charge in [0.15, 0.2) is 0 Å². The van der Waals surface area contributed by atoms with Crippen molar-refractivity contribution in [1.29, 1.82) is 0 Å². The molecule has 1 aromatic rings. The normalized spacial score (nSPS) is 31.0. The summed E-state index contributed by atoms with van der Waals surface area (Å²) < 4.78 is 6.93. The molecular weight excluding hydrogens is 518 g/mol. The van der Waals surface area contributed by atoms with Crippen LogP contribution in [-0.2, 0) is 19.1 Å². The zero-order valence-electron chi connectivity index (χ0n) is 25.5. The number of aliphatic hydroxyl groups is 1. The molecule has 3 aliphatic rings. The molecule has 2 bridgehead atoms. The highest BCUT2D eigenvalue weighted by Crippen LogP contribution is 2.66. The smallest absolute Gasteiger partial charge is 0.248 e. The van der Waals surface area contributed by atoms with E-state index in [2.05, 4.69) is 13.2 Å². The number of hydrogen-bond donors (Lipinski definition) is 1. The monoisotopic (exact) mass is 565 g/mol. The van der Waals surface area contributed by atoms with E-state index in [4.69, 9.17) is 4.74 Å². The summed E-state index contributed by atoms with van der Waals surface area (Å²) in [6.07, 6.45) is 4.36. The lowest BCUT2D eigenvalue weighted by Gasteiger charge is -2.41. The van der Waals surface area contributed by atoms with Crippen molar-refractivity contribution in [2.75, 3.05) is 24.6 Å². The summed E-state index contributed by atoms with van der Waals surface area (Å²) in [6, 6.07) is 7.70. The van der Waals surface area contributed by atoms with Crippen LogP contribution in [0.2, 0.25) is 0 Å². The third-order valence-corrected chi connectivity index (χ3v) is 9.48. The fourth-order valence-electron chi connectivity index (χ4n) is 7.62. The topological polar surface area (TPSA) is 90.4 Å². The first-order valence-electron chi connectivity index (χ1n) is 14.9. The molecule has 1 N–H and O–H groups in total. The number of benzene rings is 1. The van der Waals surface area contributed by atoms with Gasteiger partial charge in [-0.15, -0.1) is 13.2 Å². The number of aliphatic hydroxyl groups excluding tert-OH is 1. The first kappa shape index (κ1) is 31.0. The molecular formula is C33H47N3O5. The van der Waals surface area contributed by atoms with Crippen LogP contribution in [0.25, 0.3) is 0 Å². The Kier molecular flexibility index (Phi) is 8.86. The Morgan fingerprint density at radius 3 is 2.29 bits per heavy atom. The number of amides is 3. The molecule has 8 nitrogen and oxygen atoms in total. The van der Waals surface area contributed by atoms with Crippen LogP contribution in [0.5, 0.6) is 0 Å². The van der Waals surface area contributed by atoms with Crippen molar-refractivity contribution in [3.63, 3.8) is 0 Å². The van der Waals surface area contributed by atoms with Crippen LogP contribution in [0, 0.1) is 23.7 Å². The van der Waals surface area contributed by atoms with E-state index in [0.717, 1.165) is 0 Å². The van der Waals surface area contributed by atoms with Gasteiger partial charge in [-0.05, 0) is 57.6 Å². The van der Waals surface area contributed by atoms with E-state index < -0.39 is 35.1 Å². The van der Waals surface area contributed by atoms with E-state index in [1.807, 2.05) is 71.9 Å². The lowest BCUT2D eigenvalue weighted by molar-refractivity contribution is -0.156. The standard InChI is InChI=1S/C33H47N3O5/c1-9-16-34(22(5)6)31(40)28-33-19-23(7)32(8,41-33)26(27(33)30(39)36(28)25(20-37)18-21(3)4)29(38)35(17-10-2)24-14-12-11-13-15-24/h9-15,21-23,25-28,37H,1-2,16-20H2,3-8H3/t23?,25-,26-,27+,28?,32+,33?/m1/s1. The fourth-order valence-corrected chi connectivity index (χ4v) is 7.62. The number of hydrogen-bond acceptors (Lipinski definition) is 5. The molecule has 0 radical (unpaired) electrons. The minimum atomic E-state index is -1.18. The Bertz CT molecular complexity index is 1170. The van der Waals surface area contributed by atoms with Gasteiger partial charge in [0.2, 0.25) is 17.7 Å². The number of ether oxygens (including phenoxy) is 1. The highest BCUT2D eigenvalue weighted by atomic mass is 16.5. The molecule has 7 atom stereocenters. The molecule has 8 heteroatoms. The van der Waals surface area contributed by atoms with Gasteiger partial charge in [0, 0.05) is 24.8 Å². The molecule has 1 aromatic carbocycles. The van der Waals surface area contributed by atoms with Gasteiger partial charge in [0.1, 0.15) is 11.6 Å². The predicted octanol–water partition coefficient (Wildman–Crippen LogP) is 4.05. The fraction of sp³-hybridized carbons (Fsp3) is 0.606. The minimum Gasteiger partial charge on any atom is -0.394 e. The summed E-state index contributed by atoms with van der Waals surface area (Å²) in [5.41, 5.74) is -1.41. The zero-order valence-corrected chi connectivity index (χ0v) is 25.5. The van der Waals surface area contributed by atoms with Gasteiger partial charge in [-0.1, -0.05) is 51.1 Å². The molecule has 3 heterocycles. The van der Waals surface area contributed by atoms with Crippen LogP contribution in [0.3, 0.4) is 0 Å². The highest BCUT2D eigenvalue weighted by molar-refractivity contribution is 6.03. The van der Waals surface area contributed by atoms with Crippen LogP contribution in [0.4, 0.5) is 5.69 Å². The van der Waals surface area contributed by atoms with Gasteiger partial charge in [-0.25, -0.2) is 0 Å². The van der Waals surface area contributed by atoms with Gasteiger partial charge >= 0.3 is 0 Å². The predicted molar refractivity (Wildman–Crippen MR) is 160 cm³/mol. The van der Waals surface area contributed by atoms with Gasteiger partial charge < -0.3 is 24.5 Å². The average molecular weight is 566 g/mol. The molecule has 3 amide bonds. The number of para-hydroxylation sites is 1. The van der Waals surface area contributed by atoms with Crippen LogP contribution in [0.1, 0.15) is 54.4 Å². The molecule has 0 aliphatic carbocycles. The van der Waals surface area contributed by atoms with Crippen molar-refractivity contribution in [2.45, 2.75) is 83.7 Å². The molecule has 3 aliphatic heterocycles. The molecule has 41 heavy (non-hydrogen) atoms. The Balaban J connectivity index is 1.88. The van der Waals surface area contributed by atoms with Crippen molar-refractivity contribution in [2.24, 2.45) is 23.7 Å². The summed E-state index contributed by atoms with van der Waals surface area (Å²) in [4.78, 5) is 48.7. The largest absolute Gasteiger partial charge is 0.394 e. The third kappa shape index (κ3) is 4.93. The van der Waals surface area contributed by atoms with E-state index in [1.165, 1.54) is 0 Å². The maximum absolute atomic E-state index is 14.7. The SMILES string of the molecule is C=CCN(C(=O)[C@H]1[C@H]2C(=O)N([C@@H](CO)CC(C)C)C(C(=O)N(CC=C)C(C)C)C23CC(C)[C@]1(C)O3)c1ccccc1.